The summed E-state index contributed by atoms with van der Waals surface area (Å²) in [5.74, 6) is 0. The zero-order chi connectivity index (χ0) is 14.9. The van der Waals surface area contributed by atoms with Crippen LogP contribution in [0.3, 0.4) is 0 Å². The molecule has 0 saturated heterocycles. The summed E-state index contributed by atoms with van der Waals surface area (Å²) in [6, 6.07) is 0. The van der Waals surface area contributed by atoms with E-state index >= 15 is 0 Å². The van der Waals surface area contributed by atoms with Crippen LogP contribution in [-0.2, 0) is 4.57 Å². The van der Waals surface area contributed by atoms with Crippen molar-refractivity contribution in [2.75, 3.05) is 0 Å². The van der Waals surface area contributed by atoms with Gasteiger partial charge in [0.25, 0.3) is 0 Å². The summed E-state index contributed by atoms with van der Waals surface area (Å²) in [4.78, 5) is 18.5. The lowest BCUT2D eigenvalue weighted by atomic mass is 10.0. The van der Waals surface area contributed by atoms with E-state index in [0.717, 1.165) is 12.8 Å². The Morgan fingerprint density at radius 2 is 1.68 bits per heavy atom. The second kappa shape index (κ2) is 8.31. The van der Waals surface area contributed by atoms with Crippen molar-refractivity contribution in [2.45, 2.75) is 45.7 Å². The Morgan fingerprint density at radius 1 is 1.11 bits per heavy atom. The fourth-order valence-electron chi connectivity index (χ4n) is 1.23. The van der Waals surface area contributed by atoms with Crippen LogP contribution in [0.15, 0.2) is 48.1 Å². The van der Waals surface area contributed by atoms with Crippen molar-refractivity contribution in [3.8, 4) is 0 Å². The highest BCUT2D eigenvalue weighted by Gasteiger charge is 2.38. The summed E-state index contributed by atoms with van der Waals surface area (Å²) in [5.41, 5.74) is 0.666. The van der Waals surface area contributed by atoms with E-state index in [9.17, 15) is 14.4 Å². The lowest BCUT2D eigenvalue weighted by molar-refractivity contribution is 0.346. The quantitative estimate of drug-likeness (QED) is 0.316. The highest BCUT2D eigenvalue weighted by molar-refractivity contribution is 7.53. The second-order valence-electron chi connectivity index (χ2n) is 4.91. The average Bonchev–Trinajstić information content (AvgIpc) is 2.30. The van der Waals surface area contributed by atoms with E-state index in [1.807, 2.05) is 25.2 Å². The van der Waals surface area contributed by atoms with Gasteiger partial charge in [-0.1, -0.05) is 48.1 Å². The molecule has 0 aliphatic carbocycles. The first-order valence-corrected chi connectivity index (χ1v) is 8.02. The molecule has 0 saturated carbocycles. The Hall–Kier alpha value is -0.890. The SMILES string of the molecule is C/C=C/CC/C=C/C=C/C=C(\C)C(C)(C)P(=O)(O)O. The summed E-state index contributed by atoms with van der Waals surface area (Å²) in [5, 5.41) is -1.12. The smallest absolute Gasteiger partial charge is 0.324 e. The molecule has 108 valence electrons. The monoisotopic (exact) mass is 284 g/mol. The second-order valence-corrected chi connectivity index (χ2v) is 7.12. The summed E-state index contributed by atoms with van der Waals surface area (Å²) in [7, 11) is -4.13. The molecule has 0 bridgehead atoms. The third-order valence-electron chi connectivity index (χ3n) is 3.13. The van der Waals surface area contributed by atoms with Crippen LogP contribution < -0.4 is 0 Å². The van der Waals surface area contributed by atoms with Crippen molar-refractivity contribution in [3.05, 3.63) is 48.1 Å². The Morgan fingerprint density at radius 3 is 2.21 bits per heavy atom. The molecular weight excluding hydrogens is 259 g/mol. The van der Waals surface area contributed by atoms with Gasteiger partial charge in [-0.05, 0) is 40.5 Å². The van der Waals surface area contributed by atoms with E-state index in [4.69, 9.17) is 0 Å². The maximum atomic E-state index is 11.3. The summed E-state index contributed by atoms with van der Waals surface area (Å²) in [6.07, 6.45) is 15.6. The van der Waals surface area contributed by atoms with Gasteiger partial charge in [0.15, 0.2) is 0 Å². The molecule has 0 amide bonds. The number of allylic oxidation sites excluding steroid dienone is 8. The van der Waals surface area contributed by atoms with Gasteiger partial charge >= 0.3 is 7.60 Å². The van der Waals surface area contributed by atoms with E-state index in [1.165, 1.54) is 0 Å². The first-order valence-electron chi connectivity index (χ1n) is 6.41. The predicted octanol–water partition coefficient (Wildman–Crippen LogP) is 4.36. The molecule has 0 radical (unpaired) electrons. The standard InChI is InChI=1S/C15H25O3P/c1-5-6-7-8-9-10-11-12-13-14(2)15(3,4)19(16,17)18/h5-6,9-13H,7-8H2,1-4H3,(H2,16,17,18)/b6-5+,10-9+,12-11+,14-13+. The first kappa shape index (κ1) is 18.1. The average molecular weight is 284 g/mol. The van der Waals surface area contributed by atoms with Crippen LogP contribution in [0.1, 0.15) is 40.5 Å². The zero-order valence-corrected chi connectivity index (χ0v) is 13.1. The Balaban J connectivity index is 4.44. The predicted molar refractivity (Wildman–Crippen MR) is 82.2 cm³/mol. The van der Waals surface area contributed by atoms with Crippen molar-refractivity contribution in [1.29, 1.82) is 0 Å². The lowest BCUT2D eigenvalue weighted by Crippen LogP contribution is -2.21. The maximum absolute atomic E-state index is 11.3. The van der Waals surface area contributed by atoms with Gasteiger partial charge in [0.2, 0.25) is 0 Å². The van der Waals surface area contributed by atoms with E-state index in [0.29, 0.717) is 5.57 Å². The van der Waals surface area contributed by atoms with Crippen molar-refractivity contribution < 1.29 is 14.4 Å². The van der Waals surface area contributed by atoms with Gasteiger partial charge in [-0.3, -0.25) is 4.57 Å². The third kappa shape index (κ3) is 6.72. The van der Waals surface area contributed by atoms with Crippen LogP contribution in [-0.4, -0.2) is 14.9 Å². The molecular formula is C15H25O3P. The number of rotatable bonds is 7. The molecule has 0 aromatic heterocycles. The molecule has 0 aliphatic rings. The molecule has 0 fully saturated rings. The van der Waals surface area contributed by atoms with Gasteiger partial charge < -0.3 is 9.79 Å². The molecule has 0 rings (SSSR count). The first-order chi connectivity index (χ1) is 8.73. The minimum Gasteiger partial charge on any atom is -0.324 e. The maximum Gasteiger partial charge on any atom is 0.335 e. The molecule has 0 spiro atoms. The Bertz CT molecular complexity index is 423. The molecule has 0 aromatic carbocycles. The van der Waals surface area contributed by atoms with Gasteiger partial charge in [0, 0.05) is 0 Å². The van der Waals surface area contributed by atoms with Crippen LogP contribution in [0.2, 0.25) is 0 Å². The van der Waals surface area contributed by atoms with Gasteiger partial charge in [0.1, 0.15) is 0 Å². The van der Waals surface area contributed by atoms with Crippen LogP contribution in [0.5, 0.6) is 0 Å². The topological polar surface area (TPSA) is 57.5 Å². The van der Waals surface area contributed by atoms with Gasteiger partial charge in [-0.25, -0.2) is 0 Å². The Labute approximate surface area is 116 Å². The van der Waals surface area contributed by atoms with E-state index in [2.05, 4.69) is 12.2 Å². The highest BCUT2D eigenvalue weighted by atomic mass is 31.2. The number of unbranched alkanes of at least 4 members (excludes halogenated alkanes) is 1. The Kier molecular flexibility index (Phi) is 7.93. The third-order valence-corrected chi connectivity index (χ3v) is 4.94. The molecule has 19 heavy (non-hydrogen) atoms. The molecule has 0 heterocycles. The summed E-state index contributed by atoms with van der Waals surface area (Å²) < 4.78 is 11.3. The van der Waals surface area contributed by atoms with Crippen molar-refractivity contribution in [2.24, 2.45) is 0 Å². The molecule has 2 N–H and O–H groups in total. The zero-order valence-electron chi connectivity index (χ0n) is 12.2. The molecule has 0 atom stereocenters. The summed E-state index contributed by atoms with van der Waals surface area (Å²) >= 11 is 0. The summed E-state index contributed by atoms with van der Waals surface area (Å²) in [6.45, 7) is 6.85. The molecule has 0 unspecified atom stereocenters. The van der Waals surface area contributed by atoms with E-state index < -0.39 is 12.8 Å². The van der Waals surface area contributed by atoms with E-state index in [-0.39, 0.29) is 0 Å². The van der Waals surface area contributed by atoms with Crippen molar-refractivity contribution in [3.63, 3.8) is 0 Å². The lowest BCUT2D eigenvalue weighted by Gasteiger charge is -2.26. The molecule has 0 aliphatic heterocycles. The van der Waals surface area contributed by atoms with Crippen molar-refractivity contribution >= 4 is 7.60 Å². The molecule has 4 heteroatoms. The minimum atomic E-state index is -4.13. The fraction of sp³-hybridized carbons (Fsp3) is 0.467. The van der Waals surface area contributed by atoms with Crippen LogP contribution >= 0.6 is 7.60 Å². The molecule has 0 aromatic rings. The number of hydrogen-bond donors (Lipinski definition) is 2. The van der Waals surface area contributed by atoms with Gasteiger partial charge in [0.05, 0.1) is 5.16 Å². The van der Waals surface area contributed by atoms with E-state index in [1.54, 1.807) is 32.9 Å². The van der Waals surface area contributed by atoms with Crippen molar-refractivity contribution in [1.82, 2.24) is 0 Å². The fourth-order valence-corrected chi connectivity index (χ4v) is 1.77. The van der Waals surface area contributed by atoms with Crippen LogP contribution in [0.25, 0.3) is 0 Å². The van der Waals surface area contributed by atoms with Gasteiger partial charge in [-0.2, -0.15) is 0 Å². The largest absolute Gasteiger partial charge is 0.335 e. The normalized spacial score (nSPS) is 15.2. The molecule has 3 nitrogen and oxygen atoms in total. The van der Waals surface area contributed by atoms with Crippen LogP contribution in [0, 0.1) is 0 Å². The van der Waals surface area contributed by atoms with Gasteiger partial charge in [-0.15, -0.1) is 0 Å². The minimum absolute atomic E-state index is 0.666. The number of hydrogen-bond acceptors (Lipinski definition) is 1. The van der Waals surface area contributed by atoms with Crippen LogP contribution in [0.4, 0.5) is 0 Å². The highest BCUT2D eigenvalue weighted by Crippen LogP contribution is 2.53.